The molecule has 10 heteroatoms. The first-order valence-corrected chi connectivity index (χ1v) is 14.0. The van der Waals surface area contributed by atoms with E-state index in [1.807, 2.05) is 17.7 Å². The van der Waals surface area contributed by atoms with Crippen molar-refractivity contribution in [2.75, 3.05) is 5.32 Å². The molecule has 1 aliphatic heterocycles. The molecular formula is C27H42N5O4P. The average Bonchev–Trinajstić information content (AvgIpc) is 3.38. The molecule has 3 rings (SSSR count). The van der Waals surface area contributed by atoms with E-state index in [-0.39, 0.29) is 44.8 Å². The molecule has 4 atom stereocenters. The van der Waals surface area contributed by atoms with E-state index in [0.29, 0.717) is 41.5 Å². The second kappa shape index (κ2) is 12.1. The summed E-state index contributed by atoms with van der Waals surface area (Å²) in [4.78, 5) is 33.1. The molecule has 1 fully saturated rings. The Bertz CT molecular complexity index is 1210. The summed E-state index contributed by atoms with van der Waals surface area (Å²) in [6, 6.07) is 0.754. The van der Waals surface area contributed by atoms with Crippen LogP contribution in [-0.4, -0.2) is 49.4 Å². The van der Waals surface area contributed by atoms with E-state index in [4.69, 9.17) is 9.26 Å². The first kappa shape index (κ1) is 29.3. The third kappa shape index (κ3) is 6.80. The zero-order chi connectivity index (χ0) is 27.5. The molecule has 3 heterocycles. The highest BCUT2D eigenvalue weighted by atomic mass is 31.1. The van der Waals surface area contributed by atoms with E-state index < -0.39 is 5.41 Å². The van der Waals surface area contributed by atoms with Gasteiger partial charge in [-0.05, 0) is 34.1 Å². The standard InChI is InChI=1S/C27H42N5O4P/c1-10-12-13-18-15-31(23-22(18)24(33)29-26(28-23)30-25(34)27(7,8)9)21-14-20(19(11-2)35-21)36-37-32(16(3)4)17(5)6/h15-17,19-21,37H,10-11,14H2,1-9H3,(H2,28,29,30,33,34)/t19-,20-,21-/m1/s1. The van der Waals surface area contributed by atoms with Gasteiger partial charge >= 0.3 is 0 Å². The number of ether oxygens (including phenoxy) is 1. The maximum absolute atomic E-state index is 13.1. The first-order chi connectivity index (χ1) is 17.4. The third-order valence-electron chi connectivity index (χ3n) is 6.31. The van der Waals surface area contributed by atoms with Crippen LogP contribution in [0.4, 0.5) is 5.95 Å². The topological polar surface area (TPSA) is 101 Å². The maximum atomic E-state index is 13.1. The number of aromatic amines is 1. The molecule has 1 amide bonds. The smallest absolute Gasteiger partial charge is 0.263 e. The number of H-pyrrole nitrogens is 1. The number of amides is 1. The molecule has 37 heavy (non-hydrogen) atoms. The molecule has 2 aromatic rings. The fraction of sp³-hybridized carbons (Fsp3) is 0.667. The van der Waals surface area contributed by atoms with E-state index in [0.717, 1.165) is 6.42 Å². The molecule has 0 saturated carbocycles. The van der Waals surface area contributed by atoms with Gasteiger partial charge < -0.3 is 13.8 Å². The Kier molecular flexibility index (Phi) is 9.57. The fourth-order valence-electron chi connectivity index (χ4n) is 4.30. The first-order valence-electron chi connectivity index (χ1n) is 13.2. The van der Waals surface area contributed by atoms with Gasteiger partial charge in [-0.1, -0.05) is 46.5 Å². The van der Waals surface area contributed by atoms with Gasteiger partial charge in [0.05, 0.1) is 32.1 Å². The van der Waals surface area contributed by atoms with Gasteiger partial charge in [0.1, 0.15) is 6.23 Å². The average molecular weight is 532 g/mol. The molecule has 0 spiro atoms. The van der Waals surface area contributed by atoms with Crippen molar-refractivity contribution >= 4 is 31.8 Å². The molecule has 0 aromatic carbocycles. The van der Waals surface area contributed by atoms with E-state index in [9.17, 15) is 9.59 Å². The number of nitrogens with zero attached hydrogens (tertiary/aromatic N) is 3. The van der Waals surface area contributed by atoms with Gasteiger partial charge in [-0.3, -0.25) is 24.6 Å². The minimum absolute atomic E-state index is 0.0802. The molecule has 0 aliphatic carbocycles. The second-order valence-corrected chi connectivity index (χ2v) is 12.0. The predicted octanol–water partition coefficient (Wildman–Crippen LogP) is 5.18. The van der Waals surface area contributed by atoms with Crippen molar-refractivity contribution in [2.45, 2.75) is 112 Å². The third-order valence-corrected chi connectivity index (χ3v) is 7.96. The van der Waals surface area contributed by atoms with Gasteiger partial charge in [-0.15, -0.1) is 0 Å². The highest BCUT2D eigenvalue weighted by molar-refractivity contribution is 7.29. The Morgan fingerprint density at radius 2 is 2.00 bits per heavy atom. The molecule has 1 aliphatic rings. The summed E-state index contributed by atoms with van der Waals surface area (Å²) in [7, 11) is 0.232. The molecule has 2 aromatic heterocycles. The lowest BCUT2D eigenvalue weighted by Crippen LogP contribution is -2.31. The van der Waals surface area contributed by atoms with Crippen LogP contribution in [0.3, 0.4) is 0 Å². The van der Waals surface area contributed by atoms with Crippen LogP contribution in [0.2, 0.25) is 0 Å². The van der Waals surface area contributed by atoms with Crippen molar-refractivity contribution in [1.29, 1.82) is 0 Å². The van der Waals surface area contributed by atoms with Crippen LogP contribution in [0.25, 0.3) is 11.0 Å². The Labute approximate surface area is 222 Å². The van der Waals surface area contributed by atoms with Crippen LogP contribution in [0, 0.1) is 17.3 Å². The van der Waals surface area contributed by atoms with Crippen LogP contribution in [-0.2, 0) is 14.1 Å². The van der Waals surface area contributed by atoms with Crippen molar-refractivity contribution in [1.82, 2.24) is 19.2 Å². The molecule has 0 radical (unpaired) electrons. The number of aromatic nitrogens is 3. The maximum Gasteiger partial charge on any atom is 0.263 e. The van der Waals surface area contributed by atoms with Gasteiger partial charge in [0.2, 0.25) is 11.9 Å². The normalized spacial score (nSPS) is 20.5. The van der Waals surface area contributed by atoms with Crippen molar-refractivity contribution in [3.63, 3.8) is 0 Å². The largest absolute Gasteiger partial charge is 0.352 e. The van der Waals surface area contributed by atoms with Crippen LogP contribution < -0.4 is 10.9 Å². The van der Waals surface area contributed by atoms with Crippen LogP contribution in [0.15, 0.2) is 11.0 Å². The lowest BCUT2D eigenvalue weighted by atomic mass is 9.96. The van der Waals surface area contributed by atoms with Crippen LogP contribution >= 0.6 is 8.96 Å². The zero-order valence-electron chi connectivity index (χ0n) is 23.6. The molecule has 9 nitrogen and oxygen atoms in total. The number of nitrogens with one attached hydrogen (secondary N) is 2. The highest BCUT2D eigenvalue weighted by Gasteiger charge is 2.38. The summed E-state index contributed by atoms with van der Waals surface area (Å²) in [5, 5.41) is 3.13. The van der Waals surface area contributed by atoms with E-state index in [2.05, 4.69) is 66.4 Å². The summed E-state index contributed by atoms with van der Waals surface area (Å²) >= 11 is 0. The summed E-state index contributed by atoms with van der Waals surface area (Å²) in [5.41, 5.74) is 0.0361. The van der Waals surface area contributed by atoms with Gasteiger partial charge in [-0.2, -0.15) is 4.98 Å². The Hall–Kier alpha value is -2.24. The quantitative estimate of drug-likeness (QED) is 0.360. The summed E-state index contributed by atoms with van der Waals surface area (Å²) < 4.78 is 17.0. The molecule has 1 unspecified atom stereocenters. The summed E-state index contributed by atoms with van der Waals surface area (Å²) in [6.45, 7) is 18.1. The SMILES string of the molecule is CCC#Cc1cn([C@H]2C[C@@H](OPN(C(C)C)C(C)C)[C@@H](CC)O2)c2nc(NC(=O)C(C)(C)C)[nH]c(=O)c12. The Morgan fingerprint density at radius 1 is 1.32 bits per heavy atom. The van der Waals surface area contributed by atoms with Crippen LogP contribution in [0.1, 0.15) is 93.4 Å². The minimum Gasteiger partial charge on any atom is -0.352 e. The van der Waals surface area contributed by atoms with E-state index in [1.54, 1.807) is 20.8 Å². The lowest BCUT2D eigenvalue weighted by Gasteiger charge is -2.31. The number of hydrogen-bond donors (Lipinski definition) is 2. The number of anilines is 1. The Morgan fingerprint density at radius 3 is 2.57 bits per heavy atom. The van der Waals surface area contributed by atoms with E-state index >= 15 is 0 Å². The molecular weight excluding hydrogens is 489 g/mol. The van der Waals surface area contributed by atoms with Crippen molar-refractivity contribution < 1.29 is 14.1 Å². The predicted molar refractivity (Wildman–Crippen MR) is 150 cm³/mol. The van der Waals surface area contributed by atoms with Gasteiger partial charge in [-0.25, -0.2) is 0 Å². The number of fused-ring (bicyclic) bond motifs is 1. The molecule has 0 bridgehead atoms. The van der Waals surface area contributed by atoms with Crippen LogP contribution in [0.5, 0.6) is 0 Å². The van der Waals surface area contributed by atoms with E-state index in [1.165, 1.54) is 0 Å². The number of rotatable bonds is 8. The summed E-state index contributed by atoms with van der Waals surface area (Å²) in [6.07, 6.45) is 3.39. The van der Waals surface area contributed by atoms with Gasteiger partial charge in [0.25, 0.3) is 5.56 Å². The summed E-state index contributed by atoms with van der Waals surface area (Å²) in [5.74, 6) is 6.02. The second-order valence-electron chi connectivity index (χ2n) is 11.0. The Balaban J connectivity index is 1.98. The number of carbonyl (C=O) groups is 1. The zero-order valence-corrected chi connectivity index (χ0v) is 24.6. The van der Waals surface area contributed by atoms with Gasteiger partial charge in [0, 0.05) is 36.5 Å². The fourth-order valence-corrected chi connectivity index (χ4v) is 5.23. The molecule has 2 N–H and O–H groups in total. The molecule has 204 valence electrons. The monoisotopic (exact) mass is 531 g/mol. The highest BCUT2D eigenvalue weighted by Crippen LogP contribution is 2.39. The number of carbonyl (C=O) groups excluding carboxylic acids is 1. The van der Waals surface area contributed by atoms with Crippen molar-refractivity contribution in [3.05, 3.63) is 22.1 Å². The van der Waals surface area contributed by atoms with Crippen molar-refractivity contribution in [3.8, 4) is 11.8 Å². The molecule has 1 saturated heterocycles. The van der Waals surface area contributed by atoms with Gasteiger partial charge in [0.15, 0.2) is 5.65 Å². The minimum atomic E-state index is -0.638. The number of hydrogen-bond acceptors (Lipinski definition) is 6. The van der Waals surface area contributed by atoms with Crippen molar-refractivity contribution in [2.24, 2.45) is 5.41 Å². The lowest BCUT2D eigenvalue weighted by molar-refractivity contribution is -0.123.